The number of nitrogens with zero attached hydrogens (tertiary/aromatic N) is 3. The quantitative estimate of drug-likeness (QED) is 0.872. The van der Waals surface area contributed by atoms with Gasteiger partial charge < -0.3 is 15.1 Å². The van der Waals surface area contributed by atoms with Gasteiger partial charge in [-0.05, 0) is 34.0 Å². The van der Waals surface area contributed by atoms with Gasteiger partial charge in [0, 0.05) is 55.4 Å². The number of aromatic nitrogens is 1. The Kier molecular flexibility index (Phi) is 4.19. The molecule has 4 nitrogen and oxygen atoms in total. The first-order valence-corrected chi connectivity index (χ1v) is 6.67. The molecule has 0 saturated carbocycles. The molecule has 0 bridgehead atoms. The van der Waals surface area contributed by atoms with Crippen LogP contribution in [0, 0.1) is 6.92 Å². The molecule has 0 spiro atoms. The van der Waals surface area contributed by atoms with Crippen LogP contribution in [0.15, 0.2) is 12.3 Å². The molecule has 0 aromatic carbocycles. The molecule has 0 aliphatic carbocycles. The Bertz CT molecular complexity index is 405. The summed E-state index contributed by atoms with van der Waals surface area (Å²) in [5.74, 6) is 0. The molecule has 1 aromatic heterocycles. The average Bonchev–Trinajstić information content (AvgIpc) is 2.35. The van der Waals surface area contributed by atoms with Crippen molar-refractivity contribution < 1.29 is 0 Å². The number of nitrogens with one attached hydrogen (secondary N) is 1. The molecule has 100 valence electrons. The maximum absolute atomic E-state index is 4.41. The normalized spacial score (nSPS) is 21.3. The number of hydrogen-bond acceptors (Lipinski definition) is 4. The topological polar surface area (TPSA) is 31.4 Å². The monoisotopic (exact) mass is 248 g/mol. The van der Waals surface area contributed by atoms with Crippen molar-refractivity contribution in [2.45, 2.75) is 26.4 Å². The first-order valence-electron chi connectivity index (χ1n) is 6.67. The summed E-state index contributed by atoms with van der Waals surface area (Å²) in [4.78, 5) is 9.32. The van der Waals surface area contributed by atoms with E-state index in [0.29, 0.717) is 6.04 Å². The summed E-state index contributed by atoms with van der Waals surface area (Å²) in [7, 11) is 4.19. The second-order valence-corrected chi connectivity index (χ2v) is 5.26. The van der Waals surface area contributed by atoms with Gasteiger partial charge in [0.1, 0.15) is 0 Å². The molecule has 4 heteroatoms. The minimum absolute atomic E-state index is 0.606. The van der Waals surface area contributed by atoms with Crippen LogP contribution in [0.1, 0.15) is 18.2 Å². The smallest absolute Gasteiger partial charge is 0.0446 e. The Morgan fingerprint density at radius 2 is 2.22 bits per heavy atom. The molecule has 2 rings (SSSR count). The average molecular weight is 248 g/mol. The molecule has 18 heavy (non-hydrogen) atoms. The van der Waals surface area contributed by atoms with Crippen LogP contribution < -0.4 is 10.2 Å². The van der Waals surface area contributed by atoms with Gasteiger partial charge in [-0.15, -0.1) is 0 Å². The van der Waals surface area contributed by atoms with E-state index >= 15 is 0 Å². The van der Waals surface area contributed by atoms with Gasteiger partial charge in [-0.2, -0.15) is 0 Å². The molecular formula is C14H24N4. The number of likely N-dealkylation sites (N-methyl/N-ethyl adjacent to an activating group) is 1. The second kappa shape index (κ2) is 5.67. The Balaban J connectivity index is 2.23. The summed E-state index contributed by atoms with van der Waals surface area (Å²) in [6.45, 7) is 8.55. The number of rotatable bonds is 3. The number of hydrogen-bond donors (Lipinski definition) is 1. The fourth-order valence-corrected chi connectivity index (χ4v) is 2.46. The van der Waals surface area contributed by atoms with E-state index in [1.165, 1.54) is 11.3 Å². The molecule has 1 saturated heterocycles. The number of aryl methyl sites for hydroxylation is 1. The van der Waals surface area contributed by atoms with E-state index in [9.17, 15) is 0 Å². The minimum Gasteiger partial charge on any atom is -0.368 e. The van der Waals surface area contributed by atoms with Crippen molar-refractivity contribution in [3.8, 4) is 0 Å². The van der Waals surface area contributed by atoms with Gasteiger partial charge in [0.15, 0.2) is 0 Å². The van der Waals surface area contributed by atoms with E-state index in [0.717, 1.165) is 31.9 Å². The predicted octanol–water partition coefficient (Wildman–Crippen LogP) is 1.25. The Labute approximate surface area is 110 Å². The Morgan fingerprint density at radius 1 is 1.44 bits per heavy atom. The summed E-state index contributed by atoms with van der Waals surface area (Å²) >= 11 is 0. The summed E-state index contributed by atoms with van der Waals surface area (Å²) in [6.07, 6.45) is 2.00. The van der Waals surface area contributed by atoms with Gasteiger partial charge in [-0.25, -0.2) is 0 Å². The highest BCUT2D eigenvalue weighted by atomic mass is 15.3. The first-order chi connectivity index (χ1) is 8.61. The third-order valence-electron chi connectivity index (χ3n) is 3.77. The standard InChI is InChI=1S/C14H24N4/c1-11-7-14(13(8-15-3)9-16-11)18-6-5-17(4)12(2)10-18/h7,9,12,15H,5-6,8,10H2,1-4H3. The van der Waals surface area contributed by atoms with E-state index in [-0.39, 0.29) is 0 Å². The van der Waals surface area contributed by atoms with Crippen molar-refractivity contribution in [3.63, 3.8) is 0 Å². The lowest BCUT2D eigenvalue weighted by molar-refractivity contribution is 0.234. The van der Waals surface area contributed by atoms with E-state index in [1.807, 2.05) is 13.2 Å². The Hall–Kier alpha value is -1.13. The zero-order valence-electron chi connectivity index (χ0n) is 11.9. The third kappa shape index (κ3) is 2.82. The van der Waals surface area contributed by atoms with Crippen LogP contribution in [0.2, 0.25) is 0 Å². The van der Waals surface area contributed by atoms with Crippen LogP contribution in [-0.4, -0.2) is 49.7 Å². The van der Waals surface area contributed by atoms with E-state index in [2.05, 4.69) is 47.1 Å². The minimum atomic E-state index is 0.606. The predicted molar refractivity (Wildman–Crippen MR) is 76.0 cm³/mol. The maximum atomic E-state index is 4.41. The highest BCUT2D eigenvalue weighted by Gasteiger charge is 2.22. The zero-order chi connectivity index (χ0) is 13.1. The van der Waals surface area contributed by atoms with Gasteiger partial charge in [0.05, 0.1) is 0 Å². The lowest BCUT2D eigenvalue weighted by atomic mass is 10.1. The van der Waals surface area contributed by atoms with Gasteiger partial charge in [-0.1, -0.05) is 0 Å². The van der Waals surface area contributed by atoms with Crippen LogP contribution in [0.25, 0.3) is 0 Å². The lowest BCUT2D eigenvalue weighted by Crippen LogP contribution is -2.50. The van der Waals surface area contributed by atoms with E-state index in [4.69, 9.17) is 0 Å². The molecule has 2 heterocycles. The molecular weight excluding hydrogens is 224 g/mol. The summed E-state index contributed by atoms with van der Waals surface area (Å²) < 4.78 is 0. The van der Waals surface area contributed by atoms with Crippen LogP contribution in [0.4, 0.5) is 5.69 Å². The molecule has 1 N–H and O–H groups in total. The number of anilines is 1. The summed E-state index contributed by atoms with van der Waals surface area (Å²) in [5, 5.41) is 3.23. The number of pyridine rings is 1. The fraction of sp³-hybridized carbons (Fsp3) is 0.643. The molecule has 1 atom stereocenters. The Morgan fingerprint density at radius 3 is 2.89 bits per heavy atom. The van der Waals surface area contributed by atoms with Crippen molar-refractivity contribution in [3.05, 3.63) is 23.5 Å². The van der Waals surface area contributed by atoms with Gasteiger partial charge in [-0.3, -0.25) is 4.98 Å². The highest BCUT2D eigenvalue weighted by Crippen LogP contribution is 2.23. The third-order valence-corrected chi connectivity index (χ3v) is 3.77. The highest BCUT2D eigenvalue weighted by molar-refractivity contribution is 5.54. The fourth-order valence-electron chi connectivity index (χ4n) is 2.46. The summed E-state index contributed by atoms with van der Waals surface area (Å²) in [5.41, 5.74) is 3.73. The second-order valence-electron chi connectivity index (χ2n) is 5.26. The van der Waals surface area contributed by atoms with Crippen molar-refractivity contribution in [1.82, 2.24) is 15.2 Å². The van der Waals surface area contributed by atoms with Crippen LogP contribution in [0.5, 0.6) is 0 Å². The van der Waals surface area contributed by atoms with E-state index < -0.39 is 0 Å². The van der Waals surface area contributed by atoms with Crippen molar-refractivity contribution in [2.75, 3.05) is 38.6 Å². The summed E-state index contributed by atoms with van der Waals surface area (Å²) in [6, 6.07) is 2.82. The SMILES string of the molecule is CNCc1cnc(C)cc1N1CCN(C)C(C)C1. The zero-order valence-corrected chi connectivity index (χ0v) is 11.9. The molecule has 1 fully saturated rings. The lowest BCUT2D eigenvalue weighted by Gasteiger charge is -2.39. The molecule has 0 radical (unpaired) electrons. The van der Waals surface area contributed by atoms with Gasteiger partial charge >= 0.3 is 0 Å². The van der Waals surface area contributed by atoms with Crippen LogP contribution in [0.3, 0.4) is 0 Å². The maximum Gasteiger partial charge on any atom is 0.0446 e. The molecule has 1 unspecified atom stereocenters. The van der Waals surface area contributed by atoms with E-state index in [1.54, 1.807) is 0 Å². The van der Waals surface area contributed by atoms with Gasteiger partial charge in [0.25, 0.3) is 0 Å². The molecule has 1 aromatic rings. The molecule has 1 aliphatic rings. The van der Waals surface area contributed by atoms with Crippen LogP contribution in [-0.2, 0) is 6.54 Å². The number of piperazine rings is 1. The molecule has 1 aliphatic heterocycles. The van der Waals surface area contributed by atoms with Crippen molar-refractivity contribution >= 4 is 5.69 Å². The van der Waals surface area contributed by atoms with Crippen molar-refractivity contribution in [1.29, 1.82) is 0 Å². The largest absolute Gasteiger partial charge is 0.368 e. The molecule has 0 amide bonds. The van der Waals surface area contributed by atoms with Crippen molar-refractivity contribution in [2.24, 2.45) is 0 Å². The van der Waals surface area contributed by atoms with Gasteiger partial charge in [0.2, 0.25) is 0 Å². The first kappa shape index (κ1) is 13.3. The van der Waals surface area contributed by atoms with Crippen LogP contribution >= 0.6 is 0 Å².